The van der Waals surface area contributed by atoms with Crippen molar-refractivity contribution in [3.8, 4) is 0 Å². The number of hydrogen-bond acceptors (Lipinski definition) is 4. The summed E-state index contributed by atoms with van der Waals surface area (Å²) in [6.07, 6.45) is 7.59. The molecule has 96 valence electrons. The van der Waals surface area contributed by atoms with E-state index in [1.54, 1.807) is 6.20 Å². The Morgan fingerprint density at radius 3 is 2.94 bits per heavy atom. The number of aromatic nitrogens is 2. The van der Waals surface area contributed by atoms with Gasteiger partial charge in [-0.2, -0.15) is 0 Å². The molecule has 2 aromatic heterocycles. The van der Waals surface area contributed by atoms with E-state index in [-0.39, 0.29) is 11.9 Å². The summed E-state index contributed by atoms with van der Waals surface area (Å²) in [7, 11) is 0. The average Bonchev–Trinajstić information content (AvgIpc) is 2.92. The van der Waals surface area contributed by atoms with E-state index in [1.807, 2.05) is 16.0 Å². The molecule has 0 unspecified atom stereocenters. The number of fused-ring (bicyclic) bond motifs is 1. The maximum absolute atomic E-state index is 12.0. The van der Waals surface area contributed by atoms with E-state index in [9.17, 15) is 4.79 Å². The summed E-state index contributed by atoms with van der Waals surface area (Å²) in [4.78, 5) is 17.2. The molecule has 0 atom stereocenters. The Kier molecular flexibility index (Phi) is 3.05. The number of thiazole rings is 1. The Morgan fingerprint density at radius 1 is 1.44 bits per heavy atom. The first-order chi connectivity index (χ1) is 8.72. The fourth-order valence-corrected chi connectivity index (χ4v) is 3.06. The predicted molar refractivity (Wildman–Crippen MR) is 70.8 cm³/mol. The number of rotatable bonds is 2. The van der Waals surface area contributed by atoms with Gasteiger partial charge in [-0.1, -0.05) is 0 Å². The van der Waals surface area contributed by atoms with Crippen LogP contribution in [0.2, 0.25) is 0 Å². The van der Waals surface area contributed by atoms with Crippen LogP contribution in [0.3, 0.4) is 0 Å². The summed E-state index contributed by atoms with van der Waals surface area (Å²) in [6.45, 7) is 0. The second-order valence-electron chi connectivity index (χ2n) is 4.80. The first-order valence-corrected chi connectivity index (χ1v) is 7.09. The molecule has 2 aromatic rings. The van der Waals surface area contributed by atoms with Crippen LogP contribution in [0.15, 0.2) is 17.8 Å². The van der Waals surface area contributed by atoms with Crippen LogP contribution < -0.4 is 11.1 Å². The minimum Gasteiger partial charge on any atom is -0.348 e. The highest BCUT2D eigenvalue weighted by Crippen LogP contribution is 2.18. The van der Waals surface area contributed by atoms with Gasteiger partial charge in [0.2, 0.25) is 0 Å². The average molecular weight is 264 g/mol. The third kappa shape index (κ3) is 2.26. The molecule has 0 aliphatic heterocycles. The largest absolute Gasteiger partial charge is 0.348 e. The molecule has 1 saturated carbocycles. The SMILES string of the molecule is N[C@H]1CC[C@H](NC(=O)c2cn3ccsc3n2)CC1. The van der Waals surface area contributed by atoms with Crippen LogP contribution in [-0.4, -0.2) is 27.4 Å². The Balaban J connectivity index is 1.66. The molecule has 5 nitrogen and oxygen atoms in total. The van der Waals surface area contributed by atoms with E-state index in [0.717, 1.165) is 30.6 Å². The van der Waals surface area contributed by atoms with Crippen LogP contribution in [0, 0.1) is 0 Å². The van der Waals surface area contributed by atoms with Crippen molar-refractivity contribution in [2.24, 2.45) is 5.73 Å². The van der Waals surface area contributed by atoms with E-state index in [4.69, 9.17) is 5.73 Å². The molecule has 3 N–H and O–H groups in total. The molecule has 2 heterocycles. The number of imidazole rings is 1. The van der Waals surface area contributed by atoms with Crippen LogP contribution in [-0.2, 0) is 0 Å². The van der Waals surface area contributed by atoms with E-state index in [0.29, 0.717) is 11.7 Å². The number of nitrogens with one attached hydrogen (secondary N) is 1. The molecule has 1 fully saturated rings. The Labute approximate surface area is 109 Å². The highest BCUT2D eigenvalue weighted by atomic mass is 32.1. The van der Waals surface area contributed by atoms with E-state index in [2.05, 4.69) is 10.3 Å². The van der Waals surface area contributed by atoms with Crippen molar-refractivity contribution in [1.29, 1.82) is 0 Å². The number of nitrogens with zero attached hydrogens (tertiary/aromatic N) is 2. The second kappa shape index (κ2) is 4.70. The molecule has 0 aromatic carbocycles. The van der Waals surface area contributed by atoms with Crippen molar-refractivity contribution < 1.29 is 4.79 Å². The smallest absolute Gasteiger partial charge is 0.271 e. The van der Waals surface area contributed by atoms with Gasteiger partial charge in [-0.15, -0.1) is 11.3 Å². The summed E-state index contributed by atoms with van der Waals surface area (Å²) in [5.41, 5.74) is 6.35. The second-order valence-corrected chi connectivity index (χ2v) is 5.68. The molecule has 6 heteroatoms. The molecule has 1 amide bonds. The van der Waals surface area contributed by atoms with Crippen LogP contribution in [0.5, 0.6) is 0 Å². The number of carbonyl (C=O) groups is 1. The number of amides is 1. The van der Waals surface area contributed by atoms with Gasteiger partial charge in [-0.05, 0) is 25.7 Å². The molecule has 1 aliphatic rings. The molecule has 0 saturated heterocycles. The lowest BCUT2D eigenvalue weighted by molar-refractivity contribution is 0.0921. The highest BCUT2D eigenvalue weighted by Gasteiger charge is 2.21. The maximum atomic E-state index is 12.0. The Morgan fingerprint density at radius 2 is 2.22 bits per heavy atom. The van der Waals surface area contributed by atoms with Crippen LogP contribution in [0.25, 0.3) is 4.96 Å². The minimum absolute atomic E-state index is 0.0774. The predicted octanol–water partition coefficient (Wildman–Crippen LogP) is 1.40. The van der Waals surface area contributed by atoms with Gasteiger partial charge in [-0.25, -0.2) is 4.98 Å². The van der Waals surface area contributed by atoms with Gasteiger partial charge in [0.25, 0.3) is 5.91 Å². The fraction of sp³-hybridized carbons (Fsp3) is 0.500. The number of carbonyl (C=O) groups excluding carboxylic acids is 1. The topological polar surface area (TPSA) is 72.4 Å². The van der Waals surface area contributed by atoms with Crippen molar-refractivity contribution in [1.82, 2.24) is 14.7 Å². The standard InChI is InChI=1S/C12H16N4OS/c13-8-1-3-9(4-2-8)14-11(17)10-7-16-5-6-18-12(16)15-10/h5-9H,1-4,13H2,(H,14,17)/t8-,9-. The Hall–Kier alpha value is -1.40. The van der Waals surface area contributed by atoms with Crippen LogP contribution in [0.1, 0.15) is 36.2 Å². The highest BCUT2D eigenvalue weighted by molar-refractivity contribution is 7.15. The van der Waals surface area contributed by atoms with Crippen molar-refractivity contribution in [2.45, 2.75) is 37.8 Å². The molecule has 1 aliphatic carbocycles. The van der Waals surface area contributed by atoms with Gasteiger partial charge < -0.3 is 11.1 Å². The van der Waals surface area contributed by atoms with Gasteiger partial charge in [-0.3, -0.25) is 9.20 Å². The lowest BCUT2D eigenvalue weighted by atomic mass is 9.92. The van der Waals surface area contributed by atoms with Gasteiger partial charge in [0.05, 0.1) is 0 Å². The first-order valence-electron chi connectivity index (χ1n) is 6.21. The normalized spacial score (nSPS) is 24.3. The van der Waals surface area contributed by atoms with Crippen LogP contribution in [0.4, 0.5) is 0 Å². The molecule has 0 spiro atoms. The Bertz CT molecular complexity index is 525. The monoisotopic (exact) mass is 264 g/mol. The third-order valence-corrected chi connectivity index (χ3v) is 4.20. The zero-order valence-corrected chi connectivity index (χ0v) is 10.8. The van der Waals surface area contributed by atoms with Gasteiger partial charge in [0, 0.05) is 29.9 Å². The van der Waals surface area contributed by atoms with Crippen molar-refractivity contribution in [3.63, 3.8) is 0 Å². The molecule has 0 radical (unpaired) electrons. The zero-order chi connectivity index (χ0) is 12.5. The number of nitrogens with two attached hydrogens (primary N) is 1. The summed E-state index contributed by atoms with van der Waals surface area (Å²) < 4.78 is 1.87. The van der Waals surface area contributed by atoms with Crippen LogP contribution >= 0.6 is 11.3 Å². The summed E-state index contributed by atoms with van der Waals surface area (Å²) in [5.74, 6) is -0.0774. The molecular weight excluding hydrogens is 248 g/mol. The fourth-order valence-electron chi connectivity index (χ4n) is 2.36. The van der Waals surface area contributed by atoms with Gasteiger partial charge in [0.1, 0.15) is 5.69 Å². The van der Waals surface area contributed by atoms with Crippen molar-refractivity contribution in [2.75, 3.05) is 0 Å². The summed E-state index contributed by atoms with van der Waals surface area (Å²) in [6, 6.07) is 0.549. The molecule has 18 heavy (non-hydrogen) atoms. The quantitative estimate of drug-likeness (QED) is 0.861. The lowest BCUT2D eigenvalue weighted by Crippen LogP contribution is -2.40. The third-order valence-electron chi connectivity index (χ3n) is 3.43. The minimum atomic E-state index is -0.0774. The lowest BCUT2D eigenvalue weighted by Gasteiger charge is -2.26. The maximum Gasteiger partial charge on any atom is 0.271 e. The number of hydrogen-bond donors (Lipinski definition) is 2. The summed E-state index contributed by atoms with van der Waals surface area (Å²) in [5, 5.41) is 4.99. The van der Waals surface area contributed by atoms with Gasteiger partial charge in [0.15, 0.2) is 4.96 Å². The van der Waals surface area contributed by atoms with Crippen molar-refractivity contribution >= 4 is 22.2 Å². The summed E-state index contributed by atoms with van der Waals surface area (Å²) >= 11 is 1.53. The molecular formula is C12H16N4OS. The molecule has 3 rings (SSSR count). The first kappa shape index (κ1) is 11.7. The molecule has 0 bridgehead atoms. The van der Waals surface area contributed by atoms with E-state index >= 15 is 0 Å². The van der Waals surface area contributed by atoms with Gasteiger partial charge >= 0.3 is 0 Å². The van der Waals surface area contributed by atoms with Crippen molar-refractivity contribution in [3.05, 3.63) is 23.5 Å². The van der Waals surface area contributed by atoms with E-state index < -0.39 is 0 Å². The zero-order valence-electron chi connectivity index (χ0n) is 10.0. The van der Waals surface area contributed by atoms with E-state index in [1.165, 1.54) is 11.3 Å².